The monoisotopic (exact) mass is 433 g/mol. The van der Waals surface area contributed by atoms with Crippen molar-refractivity contribution in [1.82, 2.24) is 0 Å². The van der Waals surface area contributed by atoms with E-state index in [0.717, 1.165) is 23.3 Å². The smallest absolute Gasteiger partial charge is 0.264 e. The molecule has 0 fully saturated rings. The van der Waals surface area contributed by atoms with Crippen LogP contribution in [0, 0.1) is 12.7 Å². The Balaban J connectivity index is 2.21. The Morgan fingerprint density at radius 1 is 1.03 bits per heavy atom. The average molecular weight is 434 g/mol. The van der Waals surface area contributed by atoms with Crippen LogP contribution in [-0.4, -0.2) is 15.5 Å². The summed E-state index contributed by atoms with van der Waals surface area (Å²) in [6, 6.07) is 17.3. The summed E-state index contributed by atoms with van der Waals surface area (Å²) in [6.07, 6.45) is 0. The van der Waals surface area contributed by atoms with Gasteiger partial charge in [-0.15, -0.1) is 0 Å². The minimum atomic E-state index is -4.06. The van der Waals surface area contributed by atoms with Gasteiger partial charge in [-0.3, -0.25) is 4.31 Å². The fourth-order valence-corrected chi connectivity index (χ4v) is 5.15. The molecule has 0 amide bonds. The molecule has 1 atom stereocenters. The molecule has 0 N–H and O–H groups in total. The number of nitrogens with zero attached hydrogens (tertiary/aromatic N) is 1. The van der Waals surface area contributed by atoms with Crippen LogP contribution in [0.15, 0.2) is 71.6 Å². The van der Waals surface area contributed by atoms with E-state index in [1.54, 1.807) is 24.3 Å². The first-order valence-electron chi connectivity index (χ1n) is 8.94. The zero-order valence-corrected chi connectivity index (χ0v) is 17.8. The summed E-state index contributed by atoms with van der Waals surface area (Å²) in [4.78, 5) is -0.0906. The van der Waals surface area contributed by atoms with Crippen molar-refractivity contribution in [3.05, 3.63) is 88.7 Å². The van der Waals surface area contributed by atoms with Gasteiger partial charge in [-0.1, -0.05) is 41.9 Å². The Bertz CT molecular complexity index is 1130. The van der Waals surface area contributed by atoms with Crippen molar-refractivity contribution in [3.8, 4) is 5.75 Å². The van der Waals surface area contributed by atoms with Gasteiger partial charge in [-0.05, 0) is 55.3 Å². The summed E-state index contributed by atoms with van der Waals surface area (Å²) < 4.78 is 47.5. The molecule has 3 aromatic rings. The van der Waals surface area contributed by atoms with E-state index in [-0.39, 0.29) is 9.92 Å². The predicted octanol–water partition coefficient (Wildman–Crippen LogP) is 5.75. The largest absolute Gasteiger partial charge is 0.497 e. The van der Waals surface area contributed by atoms with Crippen molar-refractivity contribution in [1.29, 1.82) is 0 Å². The molecule has 3 rings (SSSR count). The molecule has 3 aromatic carbocycles. The van der Waals surface area contributed by atoms with Crippen LogP contribution in [0.1, 0.15) is 24.1 Å². The van der Waals surface area contributed by atoms with Gasteiger partial charge in [0.2, 0.25) is 0 Å². The van der Waals surface area contributed by atoms with Crippen LogP contribution in [0.4, 0.5) is 10.1 Å². The number of sulfonamides is 1. The molecule has 0 unspecified atom stereocenters. The highest BCUT2D eigenvalue weighted by atomic mass is 35.5. The second-order valence-corrected chi connectivity index (χ2v) is 8.83. The summed E-state index contributed by atoms with van der Waals surface area (Å²) in [5, 5.41) is -0.250. The normalized spacial score (nSPS) is 12.4. The number of methoxy groups -OCH3 is 1. The van der Waals surface area contributed by atoms with E-state index < -0.39 is 21.9 Å². The van der Waals surface area contributed by atoms with Gasteiger partial charge >= 0.3 is 0 Å². The van der Waals surface area contributed by atoms with E-state index in [1.807, 2.05) is 38.1 Å². The molecule has 0 aliphatic heterocycles. The number of benzene rings is 3. The number of hydrogen-bond donors (Lipinski definition) is 0. The van der Waals surface area contributed by atoms with E-state index in [1.165, 1.54) is 17.5 Å². The molecule has 0 bridgehead atoms. The molecular weight excluding hydrogens is 413 g/mol. The van der Waals surface area contributed by atoms with Crippen LogP contribution >= 0.6 is 11.6 Å². The summed E-state index contributed by atoms with van der Waals surface area (Å²) in [5.41, 5.74) is 2.24. The molecule has 29 heavy (non-hydrogen) atoms. The van der Waals surface area contributed by atoms with Gasteiger partial charge in [0, 0.05) is 6.07 Å². The first-order valence-corrected chi connectivity index (χ1v) is 10.8. The molecular formula is C22H21ClFNO3S. The highest BCUT2D eigenvalue weighted by Crippen LogP contribution is 2.36. The molecule has 152 valence electrons. The van der Waals surface area contributed by atoms with Crippen molar-refractivity contribution in [3.63, 3.8) is 0 Å². The lowest BCUT2D eigenvalue weighted by molar-refractivity contribution is 0.415. The van der Waals surface area contributed by atoms with Gasteiger partial charge < -0.3 is 4.74 Å². The van der Waals surface area contributed by atoms with Crippen LogP contribution in [0.5, 0.6) is 5.75 Å². The standard InChI is InChI=1S/C22H21ClFNO3S/c1-15-7-4-5-10-20(15)16(2)25(17-8-6-9-18(13-17)28-3)29(26,27)19-11-12-22(24)21(23)14-19/h4-14,16H,1-3H3/t16-/m0/s1. The minimum Gasteiger partial charge on any atom is -0.497 e. The zero-order valence-electron chi connectivity index (χ0n) is 16.3. The summed E-state index contributed by atoms with van der Waals surface area (Å²) in [5.74, 6) is -0.151. The average Bonchev–Trinajstić information content (AvgIpc) is 2.70. The summed E-state index contributed by atoms with van der Waals surface area (Å²) in [7, 11) is -2.54. The highest BCUT2D eigenvalue weighted by Gasteiger charge is 2.31. The lowest BCUT2D eigenvalue weighted by Crippen LogP contribution is -2.34. The molecule has 0 saturated carbocycles. The Labute approximate surface area is 175 Å². The van der Waals surface area contributed by atoms with E-state index in [9.17, 15) is 12.8 Å². The molecule has 0 aliphatic rings. The molecule has 0 spiro atoms. The van der Waals surface area contributed by atoms with E-state index in [0.29, 0.717) is 11.4 Å². The lowest BCUT2D eigenvalue weighted by atomic mass is 10.0. The Kier molecular flexibility index (Phi) is 6.15. The third kappa shape index (κ3) is 4.23. The molecule has 0 aliphatic carbocycles. The second-order valence-electron chi connectivity index (χ2n) is 6.61. The first kappa shape index (κ1) is 21.1. The van der Waals surface area contributed by atoms with E-state index in [4.69, 9.17) is 16.3 Å². The third-order valence-corrected chi connectivity index (χ3v) is 6.93. The fraction of sp³-hybridized carbons (Fsp3) is 0.182. The van der Waals surface area contributed by atoms with E-state index in [2.05, 4.69) is 0 Å². The van der Waals surface area contributed by atoms with E-state index >= 15 is 0 Å². The Morgan fingerprint density at radius 3 is 2.41 bits per heavy atom. The number of anilines is 1. The van der Waals surface area contributed by atoms with Gasteiger partial charge in [0.15, 0.2) is 0 Å². The Morgan fingerprint density at radius 2 is 1.76 bits per heavy atom. The first-order chi connectivity index (χ1) is 13.8. The predicted molar refractivity (Wildman–Crippen MR) is 114 cm³/mol. The fourth-order valence-electron chi connectivity index (χ4n) is 3.25. The highest BCUT2D eigenvalue weighted by molar-refractivity contribution is 7.92. The molecule has 7 heteroatoms. The zero-order chi connectivity index (χ0) is 21.2. The molecule has 4 nitrogen and oxygen atoms in total. The minimum absolute atomic E-state index is 0.0906. The lowest BCUT2D eigenvalue weighted by Gasteiger charge is -2.32. The van der Waals surface area contributed by atoms with Crippen LogP contribution in [-0.2, 0) is 10.0 Å². The number of aryl methyl sites for hydroxylation is 1. The molecule has 0 saturated heterocycles. The summed E-state index contributed by atoms with van der Waals surface area (Å²) in [6.45, 7) is 3.74. The molecule has 0 radical (unpaired) electrons. The third-order valence-electron chi connectivity index (χ3n) is 4.75. The summed E-state index contributed by atoms with van der Waals surface area (Å²) >= 11 is 5.86. The second kappa shape index (κ2) is 8.43. The number of hydrogen-bond acceptors (Lipinski definition) is 3. The van der Waals surface area contributed by atoms with Crippen LogP contribution in [0.2, 0.25) is 5.02 Å². The maximum atomic E-state index is 13.6. The van der Waals surface area contributed by atoms with Crippen molar-refractivity contribution >= 4 is 27.3 Å². The van der Waals surface area contributed by atoms with Gasteiger partial charge in [0.1, 0.15) is 11.6 Å². The van der Waals surface area contributed by atoms with Gasteiger partial charge in [-0.25, -0.2) is 12.8 Å². The SMILES string of the molecule is COc1cccc(N([C@@H](C)c2ccccc2C)S(=O)(=O)c2ccc(F)c(Cl)c2)c1. The topological polar surface area (TPSA) is 46.6 Å². The maximum Gasteiger partial charge on any atom is 0.264 e. The van der Waals surface area contributed by atoms with Crippen molar-refractivity contribution in [2.24, 2.45) is 0 Å². The van der Waals surface area contributed by atoms with Crippen molar-refractivity contribution < 1.29 is 17.5 Å². The number of rotatable bonds is 6. The van der Waals surface area contributed by atoms with Gasteiger partial charge in [0.25, 0.3) is 10.0 Å². The van der Waals surface area contributed by atoms with Gasteiger partial charge in [0.05, 0.1) is 28.8 Å². The Hall–Kier alpha value is -2.57. The van der Waals surface area contributed by atoms with Crippen LogP contribution in [0.3, 0.4) is 0 Å². The van der Waals surface area contributed by atoms with Crippen molar-refractivity contribution in [2.75, 3.05) is 11.4 Å². The van der Waals surface area contributed by atoms with Gasteiger partial charge in [-0.2, -0.15) is 0 Å². The molecule has 0 heterocycles. The van der Waals surface area contributed by atoms with Crippen LogP contribution in [0.25, 0.3) is 0 Å². The number of halogens is 2. The maximum absolute atomic E-state index is 13.6. The number of ether oxygens (including phenoxy) is 1. The van der Waals surface area contributed by atoms with Crippen molar-refractivity contribution in [2.45, 2.75) is 24.8 Å². The van der Waals surface area contributed by atoms with Crippen LogP contribution < -0.4 is 9.04 Å². The quantitative estimate of drug-likeness (QED) is 0.497. The molecule has 0 aromatic heterocycles.